The van der Waals surface area contributed by atoms with Gasteiger partial charge in [-0.2, -0.15) is 4.80 Å². The third-order valence-electron chi connectivity index (χ3n) is 2.46. The molecule has 6 nitrogen and oxygen atoms in total. The number of rotatable bonds is 5. The molecule has 1 aromatic carbocycles. The second-order valence-corrected chi connectivity index (χ2v) is 4.59. The van der Waals surface area contributed by atoms with Crippen LogP contribution in [-0.4, -0.2) is 32.5 Å². The van der Waals surface area contributed by atoms with Crippen molar-refractivity contribution >= 4 is 29.0 Å². The average molecular weight is 300 g/mol. The molecule has 1 aromatic heterocycles. The van der Waals surface area contributed by atoms with Crippen molar-refractivity contribution in [1.29, 1.82) is 0 Å². The summed E-state index contributed by atoms with van der Waals surface area (Å²) in [6, 6.07) is 5.18. The summed E-state index contributed by atoms with van der Waals surface area (Å²) < 4.78 is 0. The number of Topliss-reactive ketones (excluding diaryl/α,β-unsaturated/α-hetero) is 1. The van der Waals surface area contributed by atoms with E-state index in [0.29, 0.717) is 28.0 Å². The summed E-state index contributed by atoms with van der Waals surface area (Å²) in [4.78, 5) is 12.4. The van der Waals surface area contributed by atoms with Gasteiger partial charge in [0.25, 0.3) is 0 Å². The van der Waals surface area contributed by atoms with Crippen LogP contribution in [0.3, 0.4) is 0 Å². The van der Waals surface area contributed by atoms with E-state index in [-0.39, 0.29) is 18.7 Å². The zero-order chi connectivity index (χ0) is 13.8. The first-order valence-electron chi connectivity index (χ1n) is 5.55. The predicted molar refractivity (Wildman–Crippen MR) is 72.0 cm³/mol. The monoisotopic (exact) mass is 299 g/mol. The molecular formula is C11H11Cl2N5O. The summed E-state index contributed by atoms with van der Waals surface area (Å²) >= 11 is 12.0. The quantitative estimate of drug-likeness (QED) is 0.905. The summed E-state index contributed by atoms with van der Waals surface area (Å²) in [6.45, 7) is 0.350. The molecule has 0 spiro atoms. The lowest BCUT2D eigenvalue weighted by molar-refractivity contribution is -0.118. The molecule has 0 radical (unpaired) electrons. The number of carbonyl (C=O) groups is 1. The van der Waals surface area contributed by atoms with Crippen molar-refractivity contribution in [2.45, 2.75) is 13.0 Å². The van der Waals surface area contributed by atoms with Crippen molar-refractivity contribution in [2.75, 3.05) is 6.54 Å². The number of benzene rings is 1. The van der Waals surface area contributed by atoms with Crippen molar-refractivity contribution in [1.82, 2.24) is 20.2 Å². The van der Waals surface area contributed by atoms with E-state index in [2.05, 4.69) is 15.4 Å². The lowest BCUT2D eigenvalue weighted by Gasteiger charge is -2.00. The highest BCUT2D eigenvalue weighted by Crippen LogP contribution is 2.31. The Hall–Kier alpha value is -1.50. The van der Waals surface area contributed by atoms with Crippen LogP contribution < -0.4 is 5.73 Å². The number of carbonyl (C=O) groups excluding carboxylic acids is 1. The van der Waals surface area contributed by atoms with Gasteiger partial charge in [-0.25, -0.2) is 0 Å². The molecule has 0 saturated carbocycles. The number of aromatic nitrogens is 4. The molecule has 2 rings (SSSR count). The van der Waals surface area contributed by atoms with E-state index in [1.54, 1.807) is 18.2 Å². The van der Waals surface area contributed by atoms with Gasteiger partial charge in [0, 0.05) is 12.0 Å². The molecule has 1 heterocycles. The molecule has 2 aromatic rings. The molecule has 0 saturated heterocycles. The predicted octanol–water partition coefficient (Wildman–Crippen LogP) is 1.56. The van der Waals surface area contributed by atoms with Crippen molar-refractivity contribution in [3.63, 3.8) is 0 Å². The number of aryl methyl sites for hydroxylation is 1. The van der Waals surface area contributed by atoms with E-state index in [1.807, 2.05) is 0 Å². The lowest BCUT2D eigenvalue weighted by Crippen LogP contribution is -2.16. The van der Waals surface area contributed by atoms with Crippen LogP contribution >= 0.6 is 23.2 Å². The molecular weight excluding hydrogens is 289 g/mol. The van der Waals surface area contributed by atoms with Gasteiger partial charge >= 0.3 is 0 Å². The molecule has 19 heavy (non-hydrogen) atoms. The number of hydrogen-bond donors (Lipinski definition) is 1. The SMILES string of the molecule is NCC(=O)CCn1nnc(-c2cccc(Cl)c2Cl)n1. The Morgan fingerprint density at radius 1 is 1.37 bits per heavy atom. The molecule has 0 amide bonds. The largest absolute Gasteiger partial charge is 0.324 e. The normalized spacial score (nSPS) is 10.7. The fourth-order valence-corrected chi connectivity index (χ4v) is 1.83. The first kappa shape index (κ1) is 13.9. The fraction of sp³-hybridized carbons (Fsp3) is 0.273. The summed E-state index contributed by atoms with van der Waals surface area (Å²) in [5.74, 6) is 0.312. The maximum atomic E-state index is 11.1. The first-order chi connectivity index (χ1) is 9.11. The van der Waals surface area contributed by atoms with Crippen LogP contribution in [0.1, 0.15) is 6.42 Å². The van der Waals surface area contributed by atoms with E-state index in [9.17, 15) is 4.79 Å². The number of halogens is 2. The Kier molecular flexibility index (Phi) is 4.47. The van der Waals surface area contributed by atoms with Gasteiger partial charge in [0.05, 0.1) is 23.1 Å². The highest BCUT2D eigenvalue weighted by atomic mass is 35.5. The van der Waals surface area contributed by atoms with Gasteiger partial charge in [-0.05, 0) is 17.3 Å². The summed E-state index contributed by atoms with van der Waals surface area (Å²) in [5.41, 5.74) is 5.82. The molecule has 0 atom stereocenters. The Morgan fingerprint density at radius 2 is 2.16 bits per heavy atom. The van der Waals surface area contributed by atoms with Crippen LogP contribution in [0.2, 0.25) is 10.0 Å². The minimum Gasteiger partial charge on any atom is -0.324 e. The second-order valence-electron chi connectivity index (χ2n) is 3.80. The van der Waals surface area contributed by atoms with E-state index in [4.69, 9.17) is 28.9 Å². The summed E-state index contributed by atoms with van der Waals surface area (Å²) in [6.07, 6.45) is 0.273. The van der Waals surface area contributed by atoms with Crippen LogP contribution in [0.15, 0.2) is 18.2 Å². The van der Waals surface area contributed by atoms with Crippen LogP contribution in [0, 0.1) is 0 Å². The highest BCUT2D eigenvalue weighted by molar-refractivity contribution is 6.43. The molecule has 0 unspecified atom stereocenters. The number of ketones is 1. The second kappa shape index (κ2) is 6.10. The van der Waals surface area contributed by atoms with Gasteiger partial charge in [0.15, 0.2) is 0 Å². The molecule has 100 valence electrons. The number of nitrogens with zero attached hydrogens (tertiary/aromatic N) is 4. The zero-order valence-corrected chi connectivity index (χ0v) is 11.4. The Morgan fingerprint density at radius 3 is 2.89 bits per heavy atom. The number of tetrazole rings is 1. The maximum absolute atomic E-state index is 11.1. The van der Waals surface area contributed by atoms with E-state index >= 15 is 0 Å². The first-order valence-corrected chi connectivity index (χ1v) is 6.31. The van der Waals surface area contributed by atoms with Crippen molar-refractivity contribution < 1.29 is 4.79 Å². The summed E-state index contributed by atoms with van der Waals surface area (Å²) in [7, 11) is 0. The Bertz CT molecular complexity index is 599. The third-order valence-corrected chi connectivity index (χ3v) is 3.28. The van der Waals surface area contributed by atoms with Gasteiger partial charge in [-0.3, -0.25) is 4.79 Å². The standard InChI is InChI=1S/C11H11Cl2N5O/c12-9-3-1-2-8(10(9)13)11-15-17-18(16-11)5-4-7(19)6-14/h1-3H,4-6,14H2. The molecule has 0 aliphatic carbocycles. The van der Waals surface area contributed by atoms with Crippen molar-refractivity contribution in [3.8, 4) is 11.4 Å². The van der Waals surface area contributed by atoms with Gasteiger partial charge < -0.3 is 5.73 Å². The Labute approximate surface area is 119 Å². The van der Waals surface area contributed by atoms with Crippen molar-refractivity contribution in [3.05, 3.63) is 28.2 Å². The maximum Gasteiger partial charge on any atom is 0.206 e. The van der Waals surface area contributed by atoms with E-state index in [0.717, 1.165) is 0 Å². The molecule has 0 aliphatic rings. The Balaban J connectivity index is 2.17. The van der Waals surface area contributed by atoms with Crippen LogP contribution in [0.5, 0.6) is 0 Å². The van der Waals surface area contributed by atoms with Crippen LogP contribution in [0.4, 0.5) is 0 Å². The lowest BCUT2D eigenvalue weighted by atomic mass is 10.2. The van der Waals surface area contributed by atoms with E-state index < -0.39 is 0 Å². The van der Waals surface area contributed by atoms with Crippen molar-refractivity contribution in [2.24, 2.45) is 5.73 Å². The van der Waals surface area contributed by atoms with Gasteiger partial charge in [0.2, 0.25) is 5.82 Å². The molecule has 0 bridgehead atoms. The third kappa shape index (κ3) is 3.28. The summed E-state index contributed by atoms with van der Waals surface area (Å²) in [5, 5.41) is 12.7. The van der Waals surface area contributed by atoms with E-state index in [1.165, 1.54) is 4.80 Å². The van der Waals surface area contributed by atoms with Gasteiger partial charge in [-0.15, -0.1) is 10.2 Å². The van der Waals surface area contributed by atoms with Gasteiger partial charge in [-0.1, -0.05) is 29.3 Å². The average Bonchev–Trinajstić information content (AvgIpc) is 2.87. The zero-order valence-electron chi connectivity index (χ0n) is 9.88. The number of hydrogen-bond acceptors (Lipinski definition) is 5. The molecule has 0 aliphatic heterocycles. The smallest absolute Gasteiger partial charge is 0.206 e. The van der Waals surface area contributed by atoms with Gasteiger partial charge in [0.1, 0.15) is 5.78 Å². The molecule has 8 heteroatoms. The topological polar surface area (TPSA) is 86.7 Å². The highest BCUT2D eigenvalue weighted by Gasteiger charge is 2.12. The molecule has 0 fully saturated rings. The minimum atomic E-state index is -0.0559. The van der Waals surface area contributed by atoms with Crippen LogP contribution in [-0.2, 0) is 11.3 Å². The fourth-order valence-electron chi connectivity index (χ4n) is 1.45. The minimum absolute atomic E-state index is 0.0156. The number of nitrogens with two attached hydrogens (primary N) is 1. The van der Waals surface area contributed by atoms with Crippen LogP contribution in [0.25, 0.3) is 11.4 Å². The molecule has 2 N–H and O–H groups in total.